The van der Waals surface area contributed by atoms with Crippen LogP contribution in [0.1, 0.15) is 5.56 Å². The first kappa shape index (κ1) is 20.2. The van der Waals surface area contributed by atoms with Crippen molar-refractivity contribution in [3.63, 3.8) is 0 Å². The van der Waals surface area contributed by atoms with Crippen molar-refractivity contribution in [3.8, 4) is 11.4 Å². The Morgan fingerprint density at radius 3 is 2.39 bits per heavy atom. The molecule has 4 nitrogen and oxygen atoms in total. The number of nitrogens with zero attached hydrogens (tertiary/aromatic N) is 1. The SMILES string of the molecule is Cc1ccc(-n2cccc2)c(NC(=S)Nc2ccc(Br)cc2OC(F)(F)F)c1. The Labute approximate surface area is 173 Å². The maximum Gasteiger partial charge on any atom is 0.573 e. The van der Waals surface area contributed by atoms with Crippen molar-refractivity contribution >= 4 is 44.6 Å². The third-order valence-corrected chi connectivity index (χ3v) is 4.40. The lowest BCUT2D eigenvalue weighted by molar-refractivity contribution is -0.274. The first-order valence-corrected chi connectivity index (χ1v) is 9.29. The zero-order valence-electron chi connectivity index (χ0n) is 14.5. The van der Waals surface area contributed by atoms with E-state index in [1.807, 2.05) is 54.2 Å². The number of halogens is 4. The fraction of sp³-hybridized carbons (Fsp3) is 0.105. The Kier molecular flexibility index (Phi) is 5.95. The van der Waals surface area contributed by atoms with Gasteiger partial charge in [-0.25, -0.2) is 0 Å². The van der Waals surface area contributed by atoms with Gasteiger partial charge < -0.3 is 19.9 Å². The molecule has 0 amide bonds. The molecule has 3 aromatic rings. The summed E-state index contributed by atoms with van der Waals surface area (Å²) in [5, 5.41) is 5.94. The van der Waals surface area contributed by atoms with Crippen LogP contribution in [0, 0.1) is 6.92 Å². The van der Waals surface area contributed by atoms with Crippen LogP contribution in [0.15, 0.2) is 65.4 Å². The second kappa shape index (κ2) is 8.24. The predicted octanol–water partition coefficient (Wildman–Crippen LogP) is 6.26. The van der Waals surface area contributed by atoms with Gasteiger partial charge in [0.15, 0.2) is 10.9 Å². The molecule has 0 aliphatic rings. The highest BCUT2D eigenvalue weighted by Crippen LogP contribution is 2.33. The lowest BCUT2D eigenvalue weighted by Crippen LogP contribution is -2.22. The summed E-state index contributed by atoms with van der Waals surface area (Å²) in [5.74, 6) is -0.388. The van der Waals surface area contributed by atoms with E-state index in [1.54, 1.807) is 6.07 Å². The van der Waals surface area contributed by atoms with Gasteiger partial charge in [0.25, 0.3) is 0 Å². The van der Waals surface area contributed by atoms with Crippen molar-refractivity contribution in [1.82, 2.24) is 4.57 Å². The topological polar surface area (TPSA) is 38.2 Å². The Bertz CT molecular complexity index is 991. The maximum absolute atomic E-state index is 12.7. The number of ether oxygens (including phenoxy) is 1. The van der Waals surface area contributed by atoms with Crippen molar-refractivity contribution < 1.29 is 17.9 Å². The number of anilines is 2. The third-order valence-electron chi connectivity index (χ3n) is 3.70. The summed E-state index contributed by atoms with van der Waals surface area (Å²) in [5.41, 5.74) is 2.66. The van der Waals surface area contributed by atoms with Crippen molar-refractivity contribution in [2.75, 3.05) is 10.6 Å². The molecule has 2 N–H and O–H groups in total. The van der Waals surface area contributed by atoms with Crippen LogP contribution in [0.2, 0.25) is 0 Å². The minimum absolute atomic E-state index is 0.0909. The molecule has 0 saturated heterocycles. The molecule has 0 aliphatic carbocycles. The summed E-state index contributed by atoms with van der Waals surface area (Å²) in [7, 11) is 0. The number of hydrogen-bond acceptors (Lipinski definition) is 2. The van der Waals surface area contributed by atoms with Gasteiger partial charge in [-0.15, -0.1) is 13.2 Å². The molecule has 28 heavy (non-hydrogen) atoms. The van der Waals surface area contributed by atoms with Crippen LogP contribution in [0.4, 0.5) is 24.5 Å². The lowest BCUT2D eigenvalue weighted by atomic mass is 10.2. The van der Waals surface area contributed by atoms with E-state index in [9.17, 15) is 13.2 Å². The lowest BCUT2D eigenvalue weighted by Gasteiger charge is -2.18. The predicted molar refractivity (Wildman–Crippen MR) is 111 cm³/mol. The van der Waals surface area contributed by atoms with Crippen LogP contribution in [0.3, 0.4) is 0 Å². The average molecular weight is 470 g/mol. The van der Waals surface area contributed by atoms with Crippen molar-refractivity contribution in [3.05, 3.63) is 71.0 Å². The minimum Gasteiger partial charge on any atom is -0.404 e. The van der Waals surface area contributed by atoms with Gasteiger partial charge in [-0.3, -0.25) is 0 Å². The molecule has 3 rings (SSSR count). The van der Waals surface area contributed by atoms with E-state index in [1.165, 1.54) is 12.1 Å². The zero-order valence-corrected chi connectivity index (χ0v) is 17.0. The summed E-state index contributed by atoms with van der Waals surface area (Å²) in [6.07, 6.45) is -1.04. The Hall–Kier alpha value is -2.52. The van der Waals surface area contributed by atoms with Gasteiger partial charge in [0.2, 0.25) is 0 Å². The van der Waals surface area contributed by atoms with E-state index in [4.69, 9.17) is 12.2 Å². The molecule has 1 aromatic heterocycles. The number of thiocarbonyl (C=S) groups is 1. The van der Waals surface area contributed by atoms with E-state index in [0.717, 1.165) is 11.3 Å². The number of aromatic nitrogens is 1. The molecule has 0 aliphatic heterocycles. The minimum atomic E-state index is -4.82. The van der Waals surface area contributed by atoms with Crippen LogP contribution in [-0.2, 0) is 0 Å². The molecule has 0 radical (unpaired) electrons. The van der Waals surface area contributed by atoms with E-state index < -0.39 is 6.36 Å². The largest absolute Gasteiger partial charge is 0.573 e. The fourth-order valence-corrected chi connectivity index (χ4v) is 3.11. The molecule has 0 bridgehead atoms. The molecule has 0 spiro atoms. The molecule has 9 heteroatoms. The summed E-state index contributed by atoms with van der Waals surface area (Å²) < 4.78 is 44.5. The quantitative estimate of drug-likeness (QED) is 0.442. The molecular weight excluding hydrogens is 455 g/mol. The van der Waals surface area contributed by atoms with Gasteiger partial charge in [-0.05, 0) is 67.2 Å². The van der Waals surface area contributed by atoms with Crippen molar-refractivity contribution in [2.24, 2.45) is 0 Å². The maximum atomic E-state index is 12.7. The highest BCUT2D eigenvalue weighted by molar-refractivity contribution is 9.10. The third kappa shape index (κ3) is 5.26. The number of alkyl halides is 3. The summed E-state index contributed by atoms with van der Waals surface area (Å²) in [6, 6.07) is 13.8. The second-order valence-electron chi connectivity index (χ2n) is 5.88. The smallest absolute Gasteiger partial charge is 0.404 e. The molecular formula is C19H15BrF3N3OS. The van der Waals surface area contributed by atoms with Gasteiger partial charge in [0, 0.05) is 16.9 Å². The van der Waals surface area contributed by atoms with E-state index >= 15 is 0 Å². The average Bonchev–Trinajstić information content (AvgIpc) is 3.10. The van der Waals surface area contributed by atoms with Crippen LogP contribution in [0.5, 0.6) is 5.75 Å². The van der Waals surface area contributed by atoms with Gasteiger partial charge >= 0.3 is 6.36 Å². The molecule has 0 saturated carbocycles. The van der Waals surface area contributed by atoms with Crippen molar-refractivity contribution in [2.45, 2.75) is 13.3 Å². The standard InChI is InChI=1S/C19H15BrF3N3OS/c1-12-4-7-16(26-8-2-3-9-26)15(10-12)25-18(28)24-14-6-5-13(20)11-17(14)27-19(21,22)23/h2-11H,1H3,(H2,24,25,28). The Morgan fingerprint density at radius 2 is 1.71 bits per heavy atom. The number of aryl methyl sites for hydroxylation is 1. The van der Waals surface area contributed by atoms with Crippen LogP contribution in [-0.4, -0.2) is 16.0 Å². The normalized spacial score (nSPS) is 11.2. The number of rotatable bonds is 4. The molecule has 0 atom stereocenters. The molecule has 0 fully saturated rings. The number of benzene rings is 2. The second-order valence-corrected chi connectivity index (χ2v) is 7.20. The fourth-order valence-electron chi connectivity index (χ4n) is 2.55. The Balaban J connectivity index is 1.83. The van der Waals surface area contributed by atoms with Crippen LogP contribution in [0.25, 0.3) is 5.69 Å². The highest BCUT2D eigenvalue weighted by atomic mass is 79.9. The van der Waals surface area contributed by atoms with Gasteiger partial charge in [-0.2, -0.15) is 0 Å². The summed E-state index contributed by atoms with van der Waals surface area (Å²) in [4.78, 5) is 0. The van der Waals surface area contributed by atoms with E-state index in [0.29, 0.717) is 10.2 Å². The Morgan fingerprint density at radius 1 is 1.04 bits per heavy atom. The van der Waals surface area contributed by atoms with Gasteiger partial charge in [0.05, 0.1) is 17.1 Å². The molecule has 0 unspecified atom stereocenters. The number of hydrogen-bond donors (Lipinski definition) is 2. The van der Waals surface area contributed by atoms with Gasteiger partial charge in [0.1, 0.15) is 0 Å². The zero-order chi connectivity index (χ0) is 20.3. The van der Waals surface area contributed by atoms with Gasteiger partial charge in [-0.1, -0.05) is 22.0 Å². The highest BCUT2D eigenvalue weighted by Gasteiger charge is 2.32. The summed E-state index contributed by atoms with van der Waals surface area (Å²) in [6.45, 7) is 1.94. The van der Waals surface area contributed by atoms with Crippen LogP contribution < -0.4 is 15.4 Å². The molecule has 146 valence electrons. The summed E-state index contributed by atoms with van der Waals surface area (Å²) >= 11 is 8.44. The molecule has 2 aromatic carbocycles. The van der Waals surface area contributed by atoms with Crippen LogP contribution >= 0.6 is 28.1 Å². The first-order valence-electron chi connectivity index (χ1n) is 8.08. The monoisotopic (exact) mass is 469 g/mol. The molecule has 1 heterocycles. The number of nitrogens with one attached hydrogen (secondary N) is 2. The van der Waals surface area contributed by atoms with E-state index in [2.05, 4.69) is 31.3 Å². The van der Waals surface area contributed by atoms with E-state index in [-0.39, 0.29) is 16.5 Å². The first-order chi connectivity index (χ1) is 13.2. The van der Waals surface area contributed by atoms with Crippen molar-refractivity contribution in [1.29, 1.82) is 0 Å².